The molecule has 2 aliphatic rings. The fraction of sp³-hybridized carbons (Fsp3) is 0.571. The molecule has 2 unspecified atom stereocenters. The van der Waals surface area contributed by atoms with E-state index >= 15 is 0 Å². The van der Waals surface area contributed by atoms with Crippen LogP contribution in [-0.2, 0) is 6.42 Å². The fourth-order valence-corrected chi connectivity index (χ4v) is 3.54. The van der Waals surface area contributed by atoms with Crippen molar-refractivity contribution < 1.29 is 5.11 Å². The van der Waals surface area contributed by atoms with Crippen molar-refractivity contribution in [3.63, 3.8) is 0 Å². The van der Waals surface area contributed by atoms with E-state index in [1.165, 1.54) is 31.2 Å². The van der Waals surface area contributed by atoms with E-state index < -0.39 is 5.60 Å². The molecule has 0 heterocycles. The highest BCUT2D eigenvalue weighted by atomic mass is 35.5. The summed E-state index contributed by atoms with van der Waals surface area (Å²) < 4.78 is 0. The van der Waals surface area contributed by atoms with Gasteiger partial charge < -0.3 is 5.11 Å². The van der Waals surface area contributed by atoms with Gasteiger partial charge in [-0.25, -0.2) is 0 Å². The first-order valence-corrected chi connectivity index (χ1v) is 6.55. The van der Waals surface area contributed by atoms with E-state index in [1.807, 2.05) is 24.3 Å². The fourth-order valence-electron chi connectivity index (χ4n) is 3.41. The third-order valence-electron chi connectivity index (χ3n) is 4.34. The summed E-state index contributed by atoms with van der Waals surface area (Å²) in [6.45, 7) is 0. The lowest BCUT2D eigenvalue weighted by Gasteiger charge is -2.10. The molecule has 2 fully saturated rings. The topological polar surface area (TPSA) is 20.2 Å². The zero-order chi connectivity index (χ0) is 11.2. The summed E-state index contributed by atoms with van der Waals surface area (Å²) >= 11 is 5.86. The molecule has 2 aliphatic carbocycles. The van der Waals surface area contributed by atoms with Crippen LogP contribution < -0.4 is 0 Å². The standard InChI is InChI=1S/C14H17ClO/c15-11-7-5-10(6-8-11)9-14(16)12-3-1-2-4-13(12)14/h5-8,12-13,16H,1-4,9H2. The second-order valence-electron chi connectivity index (χ2n) is 5.29. The Kier molecular flexibility index (Phi) is 2.49. The summed E-state index contributed by atoms with van der Waals surface area (Å²) in [6, 6.07) is 7.88. The summed E-state index contributed by atoms with van der Waals surface area (Å²) in [7, 11) is 0. The van der Waals surface area contributed by atoms with Crippen LogP contribution in [0, 0.1) is 11.8 Å². The molecule has 2 atom stereocenters. The van der Waals surface area contributed by atoms with E-state index in [2.05, 4.69) is 0 Å². The van der Waals surface area contributed by atoms with Crippen LogP contribution in [0.3, 0.4) is 0 Å². The van der Waals surface area contributed by atoms with Crippen LogP contribution in [-0.4, -0.2) is 10.7 Å². The molecular formula is C14H17ClO. The Bertz CT molecular complexity index is 372. The number of aliphatic hydroxyl groups is 1. The quantitative estimate of drug-likeness (QED) is 0.834. The summed E-state index contributed by atoms with van der Waals surface area (Å²) in [5.41, 5.74) is 0.811. The largest absolute Gasteiger partial charge is 0.389 e. The van der Waals surface area contributed by atoms with E-state index in [4.69, 9.17) is 11.6 Å². The monoisotopic (exact) mass is 236 g/mol. The molecule has 0 radical (unpaired) electrons. The number of halogens is 1. The first-order valence-electron chi connectivity index (χ1n) is 6.17. The summed E-state index contributed by atoms with van der Waals surface area (Å²) in [4.78, 5) is 0. The lowest BCUT2D eigenvalue weighted by Crippen LogP contribution is -2.16. The van der Waals surface area contributed by atoms with Crippen molar-refractivity contribution in [1.29, 1.82) is 0 Å². The number of hydrogen-bond acceptors (Lipinski definition) is 1. The van der Waals surface area contributed by atoms with Crippen molar-refractivity contribution in [3.8, 4) is 0 Å². The number of fused-ring (bicyclic) bond motifs is 1. The van der Waals surface area contributed by atoms with Crippen molar-refractivity contribution in [1.82, 2.24) is 0 Å². The molecule has 2 heteroatoms. The second kappa shape index (κ2) is 3.75. The molecule has 2 saturated carbocycles. The van der Waals surface area contributed by atoms with Crippen LogP contribution in [0.5, 0.6) is 0 Å². The molecule has 86 valence electrons. The molecule has 1 aromatic carbocycles. The van der Waals surface area contributed by atoms with Gasteiger partial charge in [-0.15, -0.1) is 0 Å². The van der Waals surface area contributed by atoms with E-state index in [9.17, 15) is 5.11 Å². The van der Waals surface area contributed by atoms with Gasteiger partial charge in [-0.1, -0.05) is 36.6 Å². The van der Waals surface area contributed by atoms with E-state index in [0.29, 0.717) is 11.8 Å². The number of benzene rings is 1. The summed E-state index contributed by atoms with van der Waals surface area (Å²) in [5, 5.41) is 11.3. The first kappa shape index (κ1) is 10.6. The van der Waals surface area contributed by atoms with Crippen molar-refractivity contribution >= 4 is 11.6 Å². The van der Waals surface area contributed by atoms with Gasteiger partial charge in [0.1, 0.15) is 0 Å². The average Bonchev–Trinajstić information content (AvgIpc) is 2.89. The van der Waals surface area contributed by atoms with E-state index in [1.54, 1.807) is 0 Å². The normalized spacial score (nSPS) is 36.9. The summed E-state index contributed by atoms with van der Waals surface area (Å²) in [5.74, 6) is 1.13. The van der Waals surface area contributed by atoms with Gasteiger partial charge in [0.15, 0.2) is 0 Å². The summed E-state index contributed by atoms with van der Waals surface area (Å²) in [6.07, 6.45) is 5.83. The Morgan fingerprint density at radius 2 is 1.69 bits per heavy atom. The van der Waals surface area contributed by atoms with Gasteiger partial charge in [-0.3, -0.25) is 0 Å². The van der Waals surface area contributed by atoms with Gasteiger partial charge in [-0.2, -0.15) is 0 Å². The van der Waals surface area contributed by atoms with E-state index in [-0.39, 0.29) is 0 Å². The third-order valence-corrected chi connectivity index (χ3v) is 4.59. The van der Waals surface area contributed by atoms with Gasteiger partial charge in [0.05, 0.1) is 5.60 Å². The predicted octanol–water partition coefficient (Wildman–Crippen LogP) is 3.43. The van der Waals surface area contributed by atoms with Crippen LogP contribution in [0.15, 0.2) is 24.3 Å². The molecule has 0 amide bonds. The minimum Gasteiger partial charge on any atom is -0.389 e. The van der Waals surface area contributed by atoms with E-state index in [0.717, 1.165) is 11.4 Å². The van der Waals surface area contributed by atoms with Crippen LogP contribution in [0.1, 0.15) is 31.2 Å². The van der Waals surface area contributed by atoms with Crippen LogP contribution >= 0.6 is 11.6 Å². The third kappa shape index (κ3) is 1.66. The van der Waals surface area contributed by atoms with Crippen LogP contribution in [0.4, 0.5) is 0 Å². The Hall–Kier alpha value is -0.530. The molecule has 0 aromatic heterocycles. The highest BCUT2D eigenvalue weighted by molar-refractivity contribution is 6.30. The van der Waals surface area contributed by atoms with Crippen molar-refractivity contribution in [3.05, 3.63) is 34.9 Å². The maximum atomic E-state index is 10.6. The number of hydrogen-bond donors (Lipinski definition) is 1. The van der Waals surface area contributed by atoms with Crippen molar-refractivity contribution in [2.75, 3.05) is 0 Å². The van der Waals surface area contributed by atoms with Gasteiger partial charge >= 0.3 is 0 Å². The maximum Gasteiger partial charge on any atom is 0.0751 e. The molecule has 1 aromatic rings. The highest BCUT2D eigenvalue weighted by Crippen LogP contribution is 2.59. The van der Waals surface area contributed by atoms with Gasteiger partial charge in [0.25, 0.3) is 0 Å². The molecule has 3 rings (SSSR count). The molecule has 0 saturated heterocycles. The van der Waals surface area contributed by atoms with Crippen LogP contribution in [0.25, 0.3) is 0 Å². The zero-order valence-electron chi connectivity index (χ0n) is 9.32. The first-order chi connectivity index (χ1) is 7.70. The molecule has 1 nitrogen and oxygen atoms in total. The minimum atomic E-state index is -0.398. The van der Waals surface area contributed by atoms with Crippen molar-refractivity contribution in [2.45, 2.75) is 37.7 Å². The SMILES string of the molecule is OC1(Cc2ccc(Cl)cc2)C2CCCCC21. The highest BCUT2D eigenvalue weighted by Gasteiger charge is 2.63. The van der Waals surface area contributed by atoms with Crippen LogP contribution in [0.2, 0.25) is 5.02 Å². The Morgan fingerprint density at radius 1 is 1.12 bits per heavy atom. The van der Waals surface area contributed by atoms with Gasteiger partial charge in [-0.05, 0) is 42.4 Å². The average molecular weight is 237 g/mol. The maximum absolute atomic E-state index is 10.6. The van der Waals surface area contributed by atoms with Gasteiger partial charge in [0.2, 0.25) is 0 Å². The predicted molar refractivity (Wildman–Crippen MR) is 65.6 cm³/mol. The Morgan fingerprint density at radius 3 is 2.25 bits per heavy atom. The minimum absolute atomic E-state index is 0.398. The lowest BCUT2D eigenvalue weighted by atomic mass is 10.0. The molecule has 16 heavy (non-hydrogen) atoms. The van der Waals surface area contributed by atoms with Gasteiger partial charge in [0, 0.05) is 11.4 Å². The second-order valence-corrected chi connectivity index (χ2v) is 5.73. The molecular weight excluding hydrogens is 220 g/mol. The molecule has 1 N–H and O–H groups in total. The molecule has 0 spiro atoms. The van der Waals surface area contributed by atoms with Crippen molar-refractivity contribution in [2.24, 2.45) is 11.8 Å². The molecule has 0 aliphatic heterocycles. The lowest BCUT2D eigenvalue weighted by molar-refractivity contribution is 0.119. The smallest absolute Gasteiger partial charge is 0.0751 e. The molecule has 0 bridgehead atoms. The Balaban J connectivity index is 1.73. The Labute approximate surface area is 101 Å². The number of rotatable bonds is 2. The zero-order valence-corrected chi connectivity index (χ0v) is 10.1.